The molecular weight excluding hydrogens is 266 g/mol. The summed E-state index contributed by atoms with van der Waals surface area (Å²) < 4.78 is 1.09. The Morgan fingerprint density at radius 3 is 2.62 bits per heavy atom. The fourth-order valence-electron chi connectivity index (χ4n) is 2.62. The van der Waals surface area contributed by atoms with Gasteiger partial charge in [-0.15, -0.1) is 0 Å². The van der Waals surface area contributed by atoms with Crippen LogP contribution in [0.15, 0.2) is 28.7 Å². The standard InChI is InChI=1S/C13H18BrNO/c1-10(16)13(5-7-15-8-6-13)11-3-2-4-12(14)9-11/h2-4,9-10,15-16H,5-8H2,1H3. The van der Waals surface area contributed by atoms with E-state index in [1.807, 2.05) is 19.1 Å². The number of rotatable bonds is 2. The first-order chi connectivity index (χ1) is 7.65. The molecule has 1 unspecified atom stereocenters. The van der Waals surface area contributed by atoms with Gasteiger partial charge in [-0.05, 0) is 50.6 Å². The molecule has 88 valence electrons. The van der Waals surface area contributed by atoms with Crippen LogP contribution in [-0.2, 0) is 5.41 Å². The SMILES string of the molecule is CC(O)C1(c2cccc(Br)c2)CCNCC1. The number of piperidine rings is 1. The molecule has 0 bridgehead atoms. The van der Waals surface area contributed by atoms with E-state index in [4.69, 9.17) is 0 Å². The zero-order valence-electron chi connectivity index (χ0n) is 9.54. The smallest absolute Gasteiger partial charge is 0.0609 e. The van der Waals surface area contributed by atoms with E-state index in [2.05, 4.69) is 33.4 Å². The first-order valence-electron chi connectivity index (χ1n) is 5.80. The van der Waals surface area contributed by atoms with Crippen molar-refractivity contribution in [1.29, 1.82) is 0 Å². The number of benzene rings is 1. The minimum atomic E-state index is -0.302. The maximum Gasteiger partial charge on any atom is 0.0609 e. The maximum absolute atomic E-state index is 10.1. The molecule has 1 heterocycles. The van der Waals surface area contributed by atoms with Crippen molar-refractivity contribution >= 4 is 15.9 Å². The Labute approximate surface area is 105 Å². The van der Waals surface area contributed by atoms with E-state index in [0.29, 0.717) is 0 Å². The molecule has 2 rings (SSSR count). The van der Waals surface area contributed by atoms with Gasteiger partial charge in [0.05, 0.1) is 6.10 Å². The predicted octanol–water partition coefficient (Wildman–Crippen LogP) is 2.45. The van der Waals surface area contributed by atoms with Crippen molar-refractivity contribution in [3.63, 3.8) is 0 Å². The van der Waals surface area contributed by atoms with E-state index in [-0.39, 0.29) is 11.5 Å². The van der Waals surface area contributed by atoms with Gasteiger partial charge in [0.1, 0.15) is 0 Å². The van der Waals surface area contributed by atoms with Crippen molar-refractivity contribution in [2.75, 3.05) is 13.1 Å². The molecule has 0 aromatic heterocycles. The Kier molecular flexibility index (Phi) is 3.67. The van der Waals surface area contributed by atoms with Crippen LogP contribution < -0.4 is 5.32 Å². The Balaban J connectivity index is 2.38. The zero-order chi connectivity index (χ0) is 11.6. The van der Waals surface area contributed by atoms with E-state index < -0.39 is 0 Å². The molecule has 0 amide bonds. The van der Waals surface area contributed by atoms with E-state index in [1.165, 1.54) is 5.56 Å². The van der Waals surface area contributed by atoms with Crippen molar-refractivity contribution in [2.24, 2.45) is 0 Å². The number of hydrogen-bond donors (Lipinski definition) is 2. The summed E-state index contributed by atoms with van der Waals surface area (Å²) in [5.74, 6) is 0. The molecule has 0 radical (unpaired) electrons. The summed E-state index contributed by atoms with van der Waals surface area (Å²) in [4.78, 5) is 0. The second-order valence-corrected chi connectivity index (χ2v) is 5.51. The molecule has 1 aliphatic heterocycles. The molecule has 0 spiro atoms. The van der Waals surface area contributed by atoms with Crippen LogP contribution in [-0.4, -0.2) is 24.3 Å². The molecule has 3 heteroatoms. The summed E-state index contributed by atoms with van der Waals surface area (Å²) in [6.45, 7) is 3.88. The highest BCUT2D eigenvalue weighted by atomic mass is 79.9. The molecule has 0 saturated carbocycles. The van der Waals surface area contributed by atoms with E-state index in [0.717, 1.165) is 30.4 Å². The van der Waals surface area contributed by atoms with Crippen LogP contribution in [0.25, 0.3) is 0 Å². The summed E-state index contributed by atoms with van der Waals surface area (Å²) in [5, 5.41) is 13.5. The zero-order valence-corrected chi connectivity index (χ0v) is 11.1. The molecule has 1 aliphatic rings. The molecule has 2 N–H and O–H groups in total. The van der Waals surface area contributed by atoms with Crippen LogP contribution in [0.2, 0.25) is 0 Å². The van der Waals surface area contributed by atoms with Gasteiger partial charge in [-0.3, -0.25) is 0 Å². The van der Waals surface area contributed by atoms with E-state index in [9.17, 15) is 5.11 Å². The molecule has 16 heavy (non-hydrogen) atoms. The summed E-state index contributed by atoms with van der Waals surface area (Å²) in [5.41, 5.74) is 1.17. The molecular formula is C13H18BrNO. The second-order valence-electron chi connectivity index (χ2n) is 4.59. The lowest BCUT2D eigenvalue weighted by atomic mass is 9.69. The van der Waals surface area contributed by atoms with E-state index in [1.54, 1.807) is 0 Å². The van der Waals surface area contributed by atoms with Crippen molar-refractivity contribution < 1.29 is 5.11 Å². The van der Waals surface area contributed by atoms with Gasteiger partial charge in [0, 0.05) is 9.89 Å². The summed E-state index contributed by atoms with van der Waals surface area (Å²) in [6.07, 6.45) is 1.70. The average molecular weight is 284 g/mol. The number of halogens is 1. The average Bonchev–Trinajstić information content (AvgIpc) is 2.30. The first-order valence-corrected chi connectivity index (χ1v) is 6.59. The minimum Gasteiger partial charge on any atom is -0.392 e. The molecule has 2 nitrogen and oxygen atoms in total. The number of aliphatic hydroxyl groups is 1. The quantitative estimate of drug-likeness (QED) is 0.874. The summed E-state index contributed by atoms with van der Waals surface area (Å²) >= 11 is 3.50. The third kappa shape index (κ3) is 2.17. The third-order valence-corrected chi connectivity index (χ3v) is 4.19. The van der Waals surface area contributed by atoms with Crippen LogP contribution in [0.4, 0.5) is 0 Å². The lowest BCUT2D eigenvalue weighted by molar-refractivity contribution is 0.0732. The van der Waals surface area contributed by atoms with Crippen LogP contribution in [0.5, 0.6) is 0 Å². The highest BCUT2D eigenvalue weighted by Gasteiger charge is 2.38. The molecule has 0 aliphatic carbocycles. The van der Waals surface area contributed by atoms with Gasteiger partial charge < -0.3 is 10.4 Å². The van der Waals surface area contributed by atoms with Crippen molar-refractivity contribution in [1.82, 2.24) is 5.32 Å². The van der Waals surface area contributed by atoms with Crippen molar-refractivity contribution in [2.45, 2.75) is 31.3 Å². The molecule has 1 aromatic rings. The maximum atomic E-state index is 10.1. The Bertz CT molecular complexity index is 359. The number of nitrogens with one attached hydrogen (secondary N) is 1. The number of aliphatic hydroxyl groups excluding tert-OH is 1. The van der Waals surface area contributed by atoms with Gasteiger partial charge in [0.25, 0.3) is 0 Å². The van der Waals surface area contributed by atoms with Gasteiger partial charge in [-0.25, -0.2) is 0 Å². The molecule has 1 fully saturated rings. The van der Waals surface area contributed by atoms with Gasteiger partial charge in [-0.2, -0.15) is 0 Å². The highest BCUT2D eigenvalue weighted by molar-refractivity contribution is 9.10. The molecule has 1 aromatic carbocycles. The molecule has 1 saturated heterocycles. The number of hydrogen-bond acceptors (Lipinski definition) is 2. The fourth-order valence-corrected chi connectivity index (χ4v) is 3.02. The lowest BCUT2D eigenvalue weighted by Gasteiger charge is -2.40. The summed E-state index contributed by atoms with van der Waals surface area (Å²) in [6, 6.07) is 8.34. The Morgan fingerprint density at radius 1 is 1.38 bits per heavy atom. The predicted molar refractivity (Wildman–Crippen MR) is 69.6 cm³/mol. The van der Waals surface area contributed by atoms with Crippen LogP contribution in [0.1, 0.15) is 25.3 Å². The minimum absolute atomic E-state index is 0.0744. The van der Waals surface area contributed by atoms with Crippen molar-refractivity contribution in [3.05, 3.63) is 34.3 Å². The molecule has 1 atom stereocenters. The van der Waals surface area contributed by atoms with Crippen molar-refractivity contribution in [3.8, 4) is 0 Å². The van der Waals surface area contributed by atoms with Gasteiger partial charge in [0.2, 0.25) is 0 Å². The van der Waals surface area contributed by atoms with Gasteiger partial charge >= 0.3 is 0 Å². The van der Waals surface area contributed by atoms with Gasteiger partial charge in [0.15, 0.2) is 0 Å². The van der Waals surface area contributed by atoms with Crippen LogP contribution in [0, 0.1) is 0 Å². The monoisotopic (exact) mass is 283 g/mol. The largest absolute Gasteiger partial charge is 0.392 e. The Hall–Kier alpha value is -0.380. The van der Waals surface area contributed by atoms with Crippen LogP contribution >= 0.6 is 15.9 Å². The fraction of sp³-hybridized carbons (Fsp3) is 0.538. The Morgan fingerprint density at radius 2 is 2.06 bits per heavy atom. The first kappa shape index (κ1) is 12.1. The summed E-state index contributed by atoms with van der Waals surface area (Å²) in [7, 11) is 0. The second kappa shape index (κ2) is 4.86. The highest BCUT2D eigenvalue weighted by Crippen LogP contribution is 2.37. The van der Waals surface area contributed by atoms with E-state index >= 15 is 0 Å². The third-order valence-electron chi connectivity index (χ3n) is 3.70. The topological polar surface area (TPSA) is 32.3 Å². The lowest BCUT2D eigenvalue weighted by Crippen LogP contribution is -2.46. The van der Waals surface area contributed by atoms with Gasteiger partial charge in [-0.1, -0.05) is 28.1 Å². The normalized spacial score (nSPS) is 21.7. The van der Waals surface area contributed by atoms with Crippen LogP contribution in [0.3, 0.4) is 0 Å².